The summed E-state index contributed by atoms with van der Waals surface area (Å²) in [4.78, 5) is 11.2. The SMILES string of the molecule is O=C1CCc2ccccc2[C@@H]1Br. The molecule has 0 saturated carbocycles. The average Bonchev–Trinajstić information content (AvgIpc) is 2.12. The quantitative estimate of drug-likeness (QED) is 0.620. The molecule has 12 heavy (non-hydrogen) atoms. The van der Waals surface area contributed by atoms with E-state index in [0.29, 0.717) is 12.2 Å². The highest BCUT2D eigenvalue weighted by Crippen LogP contribution is 2.32. The van der Waals surface area contributed by atoms with E-state index in [-0.39, 0.29) is 4.83 Å². The molecule has 1 aromatic carbocycles. The highest BCUT2D eigenvalue weighted by Gasteiger charge is 2.23. The molecular formula is C10H9BrO. The smallest absolute Gasteiger partial charge is 0.151 e. The van der Waals surface area contributed by atoms with Crippen LogP contribution in [0.3, 0.4) is 0 Å². The molecule has 0 unspecified atom stereocenters. The van der Waals surface area contributed by atoms with Crippen LogP contribution in [-0.4, -0.2) is 5.78 Å². The van der Waals surface area contributed by atoms with E-state index >= 15 is 0 Å². The highest BCUT2D eigenvalue weighted by atomic mass is 79.9. The molecule has 0 aromatic heterocycles. The van der Waals surface area contributed by atoms with Crippen molar-refractivity contribution in [3.05, 3.63) is 35.4 Å². The van der Waals surface area contributed by atoms with Gasteiger partial charge in [-0.15, -0.1) is 0 Å². The van der Waals surface area contributed by atoms with E-state index in [1.807, 2.05) is 18.2 Å². The molecule has 0 amide bonds. The summed E-state index contributed by atoms with van der Waals surface area (Å²) in [5.74, 6) is 0.300. The molecule has 1 aromatic rings. The third-order valence-corrected chi connectivity index (χ3v) is 3.26. The Labute approximate surface area is 79.9 Å². The molecule has 0 fully saturated rings. The van der Waals surface area contributed by atoms with Crippen LogP contribution >= 0.6 is 15.9 Å². The van der Waals surface area contributed by atoms with Gasteiger partial charge in [-0.2, -0.15) is 0 Å². The Morgan fingerprint density at radius 2 is 2.00 bits per heavy atom. The Kier molecular flexibility index (Phi) is 2.01. The second-order valence-corrected chi connectivity index (χ2v) is 3.94. The predicted octanol–water partition coefficient (Wildman–Crippen LogP) is 2.64. The molecule has 0 radical (unpaired) electrons. The molecular weight excluding hydrogens is 216 g/mol. The summed E-state index contributed by atoms with van der Waals surface area (Å²) in [6.45, 7) is 0. The number of rotatable bonds is 0. The number of benzene rings is 1. The lowest BCUT2D eigenvalue weighted by molar-refractivity contribution is -0.118. The first kappa shape index (κ1) is 7.99. The molecule has 0 saturated heterocycles. The van der Waals surface area contributed by atoms with Crippen LogP contribution in [0, 0.1) is 0 Å². The van der Waals surface area contributed by atoms with Crippen LogP contribution in [0.15, 0.2) is 24.3 Å². The Hall–Kier alpha value is -0.630. The minimum absolute atomic E-state index is 0.0672. The Bertz CT molecular complexity index is 319. The van der Waals surface area contributed by atoms with Crippen LogP contribution in [0.2, 0.25) is 0 Å². The summed E-state index contributed by atoms with van der Waals surface area (Å²) in [5.41, 5.74) is 2.45. The van der Waals surface area contributed by atoms with E-state index in [2.05, 4.69) is 22.0 Å². The number of hydrogen-bond acceptors (Lipinski definition) is 1. The fraction of sp³-hybridized carbons (Fsp3) is 0.300. The topological polar surface area (TPSA) is 17.1 Å². The van der Waals surface area contributed by atoms with Crippen molar-refractivity contribution in [3.63, 3.8) is 0 Å². The van der Waals surface area contributed by atoms with Gasteiger partial charge in [-0.25, -0.2) is 0 Å². The highest BCUT2D eigenvalue weighted by molar-refractivity contribution is 9.09. The number of carbonyl (C=O) groups is 1. The predicted molar refractivity (Wildman–Crippen MR) is 51.4 cm³/mol. The van der Waals surface area contributed by atoms with Crippen LogP contribution in [0.25, 0.3) is 0 Å². The minimum atomic E-state index is -0.0672. The molecule has 2 rings (SSSR count). The Morgan fingerprint density at radius 3 is 2.83 bits per heavy atom. The lowest BCUT2D eigenvalue weighted by atomic mass is 9.91. The number of fused-ring (bicyclic) bond motifs is 1. The van der Waals surface area contributed by atoms with Gasteiger partial charge in [0.1, 0.15) is 0 Å². The maximum absolute atomic E-state index is 11.3. The normalized spacial score (nSPS) is 22.1. The van der Waals surface area contributed by atoms with Crippen LogP contribution in [0.4, 0.5) is 0 Å². The van der Waals surface area contributed by atoms with Crippen LogP contribution < -0.4 is 0 Å². The standard InChI is InChI=1S/C10H9BrO/c11-10-8-4-2-1-3-7(8)5-6-9(10)12/h1-4,10H,5-6H2/t10-/m0/s1. The molecule has 1 nitrogen and oxygen atoms in total. The van der Waals surface area contributed by atoms with Gasteiger partial charge in [0.2, 0.25) is 0 Å². The van der Waals surface area contributed by atoms with Gasteiger partial charge in [-0.05, 0) is 17.5 Å². The molecule has 1 aliphatic carbocycles. The zero-order valence-corrected chi connectivity index (χ0v) is 8.17. The number of alkyl halides is 1. The maximum Gasteiger partial charge on any atom is 0.151 e. The molecule has 0 spiro atoms. The molecule has 0 N–H and O–H groups in total. The average molecular weight is 225 g/mol. The molecule has 0 bridgehead atoms. The fourth-order valence-corrected chi connectivity index (χ4v) is 2.24. The lowest BCUT2D eigenvalue weighted by Crippen LogP contribution is -2.15. The van der Waals surface area contributed by atoms with Gasteiger partial charge in [0.15, 0.2) is 5.78 Å². The second-order valence-electron chi connectivity index (χ2n) is 3.03. The summed E-state index contributed by atoms with van der Waals surface area (Å²) in [6.07, 6.45) is 1.57. The van der Waals surface area contributed by atoms with Gasteiger partial charge in [-0.1, -0.05) is 40.2 Å². The largest absolute Gasteiger partial charge is 0.298 e. The number of Topliss-reactive ketones (excluding diaryl/α,β-unsaturated/α-hetero) is 1. The zero-order chi connectivity index (χ0) is 8.55. The van der Waals surface area contributed by atoms with E-state index in [9.17, 15) is 4.79 Å². The molecule has 0 aliphatic heterocycles. The van der Waals surface area contributed by atoms with E-state index in [0.717, 1.165) is 12.0 Å². The summed E-state index contributed by atoms with van der Waals surface area (Å²) in [7, 11) is 0. The molecule has 1 atom stereocenters. The van der Waals surface area contributed by atoms with Gasteiger partial charge in [0.25, 0.3) is 0 Å². The third-order valence-electron chi connectivity index (χ3n) is 2.25. The lowest BCUT2D eigenvalue weighted by Gasteiger charge is -2.19. The van der Waals surface area contributed by atoms with Gasteiger partial charge in [0, 0.05) is 6.42 Å². The van der Waals surface area contributed by atoms with E-state index < -0.39 is 0 Å². The van der Waals surface area contributed by atoms with Crippen molar-refractivity contribution in [2.45, 2.75) is 17.7 Å². The first-order valence-corrected chi connectivity index (χ1v) is 4.95. The van der Waals surface area contributed by atoms with Crippen molar-refractivity contribution in [2.24, 2.45) is 0 Å². The molecule has 1 aliphatic rings. The Balaban J connectivity index is 2.48. The second kappa shape index (κ2) is 3.02. The summed E-state index contributed by atoms with van der Waals surface area (Å²) in [5, 5.41) is 0. The molecule has 0 heterocycles. The first-order chi connectivity index (χ1) is 5.79. The van der Waals surface area contributed by atoms with Crippen molar-refractivity contribution in [1.82, 2.24) is 0 Å². The maximum atomic E-state index is 11.3. The Morgan fingerprint density at radius 1 is 1.25 bits per heavy atom. The number of halogens is 1. The van der Waals surface area contributed by atoms with Crippen molar-refractivity contribution >= 4 is 21.7 Å². The van der Waals surface area contributed by atoms with E-state index in [1.54, 1.807) is 0 Å². The van der Waals surface area contributed by atoms with Crippen molar-refractivity contribution < 1.29 is 4.79 Å². The molecule has 62 valence electrons. The third kappa shape index (κ3) is 1.20. The van der Waals surface area contributed by atoms with Crippen molar-refractivity contribution in [3.8, 4) is 0 Å². The molecule has 2 heteroatoms. The number of ketones is 1. The summed E-state index contributed by atoms with van der Waals surface area (Å²) < 4.78 is 0. The van der Waals surface area contributed by atoms with Gasteiger partial charge in [0.05, 0.1) is 4.83 Å². The number of aryl methyl sites for hydroxylation is 1. The van der Waals surface area contributed by atoms with Crippen molar-refractivity contribution in [2.75, 3.05) is 0 Å². The van der Waals surface area contributed by atoms with Gasteiger partial charge < -0.3 is 0 Å². The number of hydrogen-bond donors (Lipinski definition) is 0. The van der Waals surface area contributed by atoms with Crippen LogP contribution in [-0.2, 0) is 11.2 Å². The monoisotopic (exact) mass is 224 g/mol. The van der Waals surface area contributed by atoms with Crippen LogP contribution in [0.5, 0.6) is 0 Å². The van der Waals surface area contributed by atoms with Crippen LogP contribution in [0.1, 0.15) is 22.4 Å². The fourth-order valence-electron chi connectivity index (χ4n) is 1.57. The summed E-state index contributed by atoms with van der Waals surface area (Å²) >= 11 is 3.40. The zero-order valence-electron chi connectivity index (χ0n) is 6.59. The van der Waals surface area contributed by atoms with E-state index in [1.165, 1.54) is 5.56 Å². The van der Waals surface area contributed by atoms with Gasteiger partial charge in [-0.3, -0.25) is 4.79 Å². The number of carbonyl (C=O) groups excluding carboxylic acids is 1. The minimum Gasteiger partial charge on any atom is -0.298 e. The van der Waals surface area contributed by atoms with Crippen molar-refractivity contribution in [1.29, 1.82) is 0 Å². The first-order valence-electron chi connectivity index (χ1n) is 4.03. The summed E-state index contributed by atoms with van der Waals surface area (Å²) in [6, 6.07) is 8.11. The van der Waals surface area contributed by atoms with E-state index in [4.69, 9.17) is 0 Å². The van der Waals surface area contributed by atoms with Gasteiger partial charge >= 0.3 is 0 Å².